The number of aromatic amines is 1. The van der Waals surface area contributed by atoms with E-state index >= 15 is 0 Å². The number of H-pyrrole nitrogens is 1. The van der Waals surface area contributed by atoms with E-state index in [0.717, 1.165) is 0 Å². The highest BCUT2D eigenvalue weighted by molar-refractivity contribution is 5.86. The first-order valence-electron chi connectivity index (χ1n) is 4.61. The molecule has 82 valence electrons. The average Bonchev–Trinajstić information content (AvgIpc) is 2.66. The van der Waals surface area contributed by atoms with Crippen LogP contribution in [0.1, 0.15) is 6.92 Å². The molecule has 0 aliphatic heterocycles. The molecular formula is C10H9FN4O. The van der Waals surface area contributed by atoms with Crippen molar-refractivity contribution in [2.75, 3.05) is 5.32 Å². The first-order valence-corrected chi connectivity index (χ1v) is 4.61. The Morgan fingerprint density at radius 2 is 2.19 bits per heavy atom. The van der Waals surface area contributed by atoms with Crippen LogP contribution in [0.15, 0.2) is 24.3 Å². The van der Waals surface area contributed by atoms with E-state index in [9.17, 15) is 9.18 Å². The first-order chi connectivity index (χ1) is 7.66. The van der Waals surface area contributed by atoms with Gasteiger partial charge < -0.3 is 0 Å². The summed E-state index contributed by atoms with van der Waals surface area (Å²) < 4.78 is 13.4. The molecule has 5 nitrogen and oxygen atoms in total. The first kappa shape index (κ1) is 10.3. The normalized spacial score (nSPS) is 10.1. The standard InChI is InChI=1S/C10H9FN4O/c1-6(16)12-10-13-9(14-15-10)7-4-2-3-5-8(7)11/h2-5H,1H3,(H2,12,13,14,15,16). The largest absolute Gasteiger partial charge is 0.293 e. The van der Waals surface area contributed by atoms with Gasteiger partial charge in [-0.15, -0.1) is 5.10 Å². The van der Waals surface area contributed by atoms with E-state index in [1.807, 2.05) is 0 Å². The molecule has 0 radical (unpaired) electrons. The van der Waals surface area contributed by atoms with Crippen molar-refractivity contribution < 1.29 is 9.18 Å². The molecule has 2 N–H and O–H groups in total. The average molecular weight is 220 g/mol. The maximum absolute atomic E-state index is 13.4. The van der Waals surface area contributed by atoms with Gasteiger partial charge in [-0.25, -0.2) is 4.39 Å². The third-order valence-electron chi connectivity index (χ3n) is 1.90. The fourth-order valence-corrected chi connectivity index (χ4v) is 1.25. The highest BCUT2D eigenvalue weighted by atomic mass is 19.1. The van der Waals surface area contributed by atoms with Gasteiger partial charge in [0, 0.05) is 6.92 Å². The van der Waals surface area contributed by atoms with E-state index in [1.165, 1.54) is 13.0 Å². The van der Waals surface area contributed by atoms with Gasteiger partial charge in [0.1, 0.15) is 5.82 Å². The Kier molecular flexibility index (Phi) is 2.63. The van der Waals surface area contributed by atoms with Crippen LogP contribution in [0.4, 0.5) is 10.3 Å². The van der Waals surface area contributed by atoms with Gasteiger partial charge in [-0.1, -0.05) is 12.1 Å². The summed E-state index contributed by atoms with van der Waals surface area (Å²) in [5, 5.41) is 8.69. The van der Waals surface area contributed by atoms with E-state index in [2.05, 4.69) is 20.5 Å². The molecular weight excluding hydrogens is 211 g/mol. The number of amides is 1. The van der Waals surface area contributed by atoms with E-state index in [4.69, 9.17) is 0 Å². The monoisotopic (exact) mass is 220 g/mol. The molecule has 0 spiro atoms. The van der Waals surface area contributed by atoms with E-state index in [1.54, 1.807) is 18.2 Å². The minimum absolute atomic E-state index is 0.130. The lowest BCUT2D eigenvalue weighted by atomic mass is 10.2. The summed E-state index contributed by atoms with van der Waals surface area (Å²) in [7, 11) is 0. The van der Waals surface area contributed by atoms with Crippen LogP contribution in [-0.4, -0.2) is 21.1 Å². The Bertz CT molecular complexity index is 523. The number of rotatable bonds is 2. The van der Waals surface area contributed by atoms with Crippen molar-refractivity contribution >= 4 is 11.9 Å². The quantitative estimate of drug-likeness (QED) is 0.806. The van der Waals surface area contributed by atoms with Crippen LogP contribution in [0.2, 0.25) is 0 Å². The SMILES string of the molecule is CC(=O)Nc1n[nH]c(-c2ccccc2F)n1. The summed E-state index contributed by atoms with van der Waals surface area (Å²) in [5.74, 6) is -0.264. The number of hydrogen-bond donors (Lipinski definition) is 2. The molecule has 1 aromatic carbocycles. The van der Waals surface area contributed by atoms with Gasteiger partial charge in [0.2, 0.25) is 11.9 Å². The van der Waals surface area contributed by atoms with Crippen LogP contribution in [0.3, 0.4) is 0 Å². The summed E-state index contributed by atoms with van der Waals surface area (Å²) in [6.45, 7) is 1.35. The van der Waals surface area contributed by atoms with Crippen LogP contribution < -0.4 is 5.32 Å². The van der Waals surface area contributed by atoms with E-state index < -0.39 is 5.82 Å². The fourth-order valence-electron chi connectivity index (χ4n) is 1.25. The van der Waals surface area contributed by atoms with Gasteiger partial charge in [0.05, 0.1) is 5.56 Å². The molecule has 0 atom stereocenters. The van der Waals surface area contributed by atoms with Crippen LogP contribution in [0, 0.1) is 5.82 Å². The van der Waals surface area contributed by atoms with Crippen LogP contribution >= 0.6 is 0 Å². The molecule has 1 aromatic heterocycles. The van der Waals surface area contributed by atoms with Gasteiger partial charge in [0.25, 0.3) is 0 Å². The number of aromatic nitrogens is 3. The van der Waals surface area contributed by atoms with Crippen molar-refractivity contribution in [3.63, 3.8) is 0 Å². The predicted octanol–water partition coefficient (Wildman–Crippen LogP) is 1.57. The zero-order chi connectivity index (χ0) is 11.5. The topological polar surface area (TPSA) is 70.7 Å². The number of carbonyl (C=O) groups is 1. The number of nitrogens with zero attached hydrogens (tertiary/aromatic N) is 2. The Labute approximate surface area is 90.7 Å². The van der Waals surface area contributed by atoms with Crippen molar-refractivity contribution in [2.24, 2.45) is 0 Å². The molecule has 0 bridgehead atoms. The minimum Gasteiger partial charge on any atom is -0.293 e. The number of hydrogen-bond acceptors (Lipinski definition) is 3. The maximum Gasteiger partial charge on any atom is 0.249 e. The van der Waals surface area contributed by atoms with Gasteiger partial charge in [-0.2, -0.15) is 4.98 Å². The summed E-state index contributed by atoms with van der Waals surface area (Å²) in [5.41, 5.74) is 0.312. The third kappa shape index (κ3) is 2.05. The maximum atomic E-state index is 13.4. The van der Waals surface area contributed by atoms with Crippen molar-refractivity contribution in [2.45, 2.75) is 6.92 Å². The highest BCUT2D eigenvalue weighted by Crippen LogP contribution is 2.18. The summed E-state index contributed by atoms with van der Waals surface area (Å²) in [6.07, 6.45) is 0. The molecule has 0 saturated carbocycles. The summed E-state index contributed by atoms with van der Waals surface area (Å²) in [4.78, 5) is 14.7. The molecule has 2 rings (SSSR count). The molecule has 0 saturated heterocycles. The lowest BCUT2D eigenvalue weighted by Gasteiger charge is -1.96. The second kappa shape index (κ2) is 4.09. The summed E-state index contributed by atoms with van der Waals surface area (Å²) in [6, 6.07) is 6.19. The van der Waals surface area contributed by atoms with Crippen molar-refractivity contribution in [3.8, 4) is 11.4 Å². The second-order valence-electron chi connectivity index (χ2n) is 3.17. The predicted molar refractivity (Wildman–Crippen MR) is 56.1 cm³/mol. The molecule has 0 aliphatic carbocycles. The molecule has 2 aromatic rings. The Balaban J connectivity index is 2.32. The molecule has 16 heavy (non-hydrogen) atoms. The number of nitrogens with one attached hydrogen (secondary N) is 2. The number of carbonyl (C=O) groups excluding carboxylic acids is 1. The van der Waals surface area contributed by atoms with Crippen LogP contribution in [-0.2, 0) is 4.79 Å². The fraction of sp³-hybridized carbons (Fsp3) is 0.100. The van der Waals surface area contributed by atoms with Crippen LogP contribution in [0.5, 0.6) is 0 Å². The molecule has 1 heterocycles. The smallest absolute Gasteiger partial charge is 0.249 e. The van der Waals surface area contributed by atoms with Gasteiger partial charge >= 0.3 is 0 Å². The zero-order valence-corrected chi connectivity index (χ0v) is 8.49. The van der Waals surface area contributed by atoms with Gasteiger partial charge in [-0.3, -0.25) is 15.2 Å². The Morgan fingerprint density at radius 3 is 2.88 bits per heavy atom. The van der Waals surface area contributed by atoms with E-state index in [0.29, 0.717) is 5.56 Å². The lowest BCUT2D eigenvalue weighted by Crippen LogP contribution is -2.06. The Morgan fingerprint density at radius 1 is 1.44 bits per heavy atom. The van der Waals surface area contributed by atoms with Gasteiger partial charge in [0.15, 0.2) is 5.82 Å². The van der Waals surface area contributed by atoms with E-state index in [-0.39, 0.29) is 17.7 Å². The molecule has 0 unspecified atom stereocenters. The Hall–Kier alpha value is -2.24. The summed E-state index contributed by atoms with van der Waals surface area (Å²) >= 11 is 0. The lowest BCUT2D eigenvalue weighted by molar-refractivity contribution is -0.114. The van der Waals surface area contributed by atoms with Crippen LogP contribution in [0.25, 0.3) is 11.4 Å². The molecule has 1 amide bonds. The zero-order valence-electron chi connectivity index (χ0n) is 8.49. The van der Waals surface area contributed by atoms with Crippen molar-refractivity contribution in [1.29, 1.82) is 0 Å². The number of benzene rings is 1. The number of anilines is 1. The molecule has 0 fully saturated rings. The third-order valence-corrected chi connectivity index (χ3v) is 1.90. The second-order valence-corrected chi connectivity index (χ2v) is 3.17. The van der Waals surface area contributed by atoms with Gasteiger partial charge in [-0.05, 0) is 12.1 Å². The molecule has 6 heteroatoms. The highest BCUT2D eigenvalue weighted by Gasteiger charge is 2.09. The molecule has 0 aliphatic rings. The van der Waals surface area contributed by atoms with Crippen molar-refractivity contribution in [1.82, 2.24) is 15.2 Å². The van der Waals surface area contributed by atoms with Crippen molar-refractivity contribution in [3.05, 3.63) is 30.1 Å². The number of halogens is 1. The minimum atomic E-state index is -0.395.